The van der Waals surface area contributed by atoms with Crippen LogP contribution in [0.2, 0.25) is 0 Å². The fourth-order valence-corrected chi connectivity index (χ4v) is 4.48. The van der Waals surface area contributed by atoms with E-state index in [-0.39, 0.29) is 0 Å². The Kier molecular flexibility index (Phi) is 3.67. The lowest BCUT2D eigenvalue weighted by Gasteiger charge is -2.23. The van der Waals surface area contributed by atoms with Crippen molar-refractivity contribution in [2.45, 2.75) is 38.8 Å². The number of hydrogen-bond acceptors (Lipinski definition) is 5. The van der Waals surface area contributed by atoms with Crippen molar-refractivity contribution in [1.82, 2.24) is 15.5 Å². The summed E-state index contributed by atoms with van der Waals surface area (Å²) in [4.78, 5) is 5.75. The van der Waals surface area contributed by atoms with Crippen LogP contribution >= 0.6 is 33.9 Å². The second kappa shape index (κ2) is 5.26. The molecule has 6 heteroatoms. The maximum atomic E-state index is 4.98. The van der Waals surface area contributed by atoms with E-state index in [9.17, 15) is 0 Å². The minimum absolute atomic E-state index is 0.437. The number of thiophene rings is 1. The summed E-state index contributed by atoms with van der Waals surface area (Å²) >= 11 is 4.32. The second-order valence-electron chi connectivity index (χ2n) is 4.48. The Morgan fingerprint density at radius 2 is 2.50 bits per heavy atom. The summed E-state index contributed by atoms with van der Waals surface area (Å²) in [5.74, 6) is 1.37. The first-order valence-corrected chi connectivity index (χ1v) is 7.92. The molecule has 1 unspecified atom stereocenters. The molecule has 1 aliphatic rings. The molecule has 4 nitrogen and oxygen atoms in total. The number of nitrogens with one attached hydrogen (secondary N) is 1. The zero-order valence-corrected chi connectivity index (χ0v) is 13.0. The van der Waals surface area contributed by atoms with Gasteiger partial charge in [-0.3, -0.25) is 0 Å². The molecular formula is C12H14IN3OS. The molecule has 0 saturated heterocycles. The molecule has 0 amide bonds. The normalized spacial score (nSPS) is 18.9. The van der Waals surface area contributed by atoms with Gasteiger partial charge in [0.25, 0.3) is 0 Å². The molecule has 0 spiro atoms. The summed E-state index contributed by atoms with van der Waals surface area (Å²) in [6, 6.07) is 2.74. The molecule has 0 aliphatic heterocycles. The van der Waals surface area contributed by atoms with E-state index in [1.807, 2.05) is 18.3 Å². The quantitative estimate of drug-likeness (QED) is 0.838. The summed E-state index contributed by atoms with van der Waals surface area (Å²) in [6.07, 6.45) is 3.67. The van der Waals surface area contributed by atoms with Crippen LogP contribution in [-0.2, 0) is 13.0 Å². The fraction of sp³-hybridized carbons (Fsp3) is 0.500. The Morgan fingerprint density at radius 3 is 3.28 bits per heavy atom. The van der Waals surface area contributed by atoms with E-state index >= 15 is 0 Å². The highest BCUT2D eigenvalue weighted by atomic mass is 127. The van der Waals surface area contributed by atoms with Gasteiger partial charge in [-0.1, -0.05) is 5.16 Å². The average molecular weight is 375 g/mol. The Morgan fingerprint density at radius 1 is 1.61 bits per heavy atom. The van der Waals surface area contributed by atoms with Crippen LogP contribution in [0.4, 0.5) is 0 Å². The van der Waals surface area contributed by atoms with E-state index in [4.69, 9.17) is 4.52 Å². The van der Waals surface area contributed by atoms with Gasteiger partial charge in [-0.15, -0.1) is 11.3 Å². The Labute approximate surface area is 123 Å². The van der Waals surface area contributed by atoms with Gasteiger partial charge >= 0.3 is 0 Å². The molecule has 96 valence electrons. The SMILES string of the molecule is Cc1nc(CNC2CCCc3sc(I)cc32)no1. The van der Waals surface area contributed by atoms with E-state index in [1.54, 1.807) is 0 Å². The minimum Gasteiger partial charge on any atom is -0.340 e. The van der Waals surface area contributed by atoms with Crippen LogP contribution in [0.1, 0.15) is 41.0 Å². The van der Waals surface area contributed by atoms with Crippen molar-refractivity contribution in [2.24, 2.45) is 0 Å². The van der Waals surface area contributed by atoms with Gasteiger partial charge in [-0.2, -0.15) is 4.98 Å². The van der Waals surface area contributed by atoms with Crippen molar-refractivity contribution >= 4 is 33.9 Å². The van der Waals surface area contributed by atoms with E-state index in [2.05, 4.69) is 44.1 Å². The van der Waals surface area contributed by atoms with Gasteiger partial charge in [0.2, 0.25) is 5.89 Å². The molecule has 2 heterocycles. The monoisotopic (exact) mass is 375 g/mol. The van der Waals surface area contributed by atoms with E-state index < -0.39 is 0 Å². The molecule has 18 heavy (non-hydrogen) atoms. The maximum absolute atomic E-state index is 4.98. The fourth-order valence-electron chi connectivity index (χ4n) is 2.36. The summed E-state index contributed by atoms with van der Waals surface area (Å²) in [5.41, 5.74) is 1.47. The van der Waals surface area contributed by atoms with Gasteiger partial charge in [-0.25, -0.2) is 0 Å². The molecule has 0 aromatic carbocycles. The molecule has 0 saturated carbocycles. The summed E-state index contributed by atoms with van der Waals surface area (Å²) < 4.78 is 6.35. The molecule has 1 atom stereocenters. The molecule has 3 rings (SSSR count). The highest BCUT2D eigenvalue weighted by Gasteiger charge is 2.22. The second-order valence-corrected chi connectivity index (χ2v) is 7.52. The minimum atomic E-state index is 0.437. The predicted molar refractivity (Wildman–Crippen MR) is 78.6 cm³/mol. The van der Waals surface area contributed by atoms with Crippen molar-refractivity contribution < 1.29 is 4.52 Å². The van der Waals surface area contributed by atoms with Crippen molar-refractivity contribution in [3.8, 4) is 0 Å². The first-order chi connectivity index (χ1) is 8.72. The lowest BCUT2D eigenvalue weighted by molar-refractivity contribution is 0.381. The Balaban J connectivity index is 1.70. The Hall–Kier alpha value is -0.470. The van der Waals surface area contributed by atoms with Crippen molar-refractivity contribution in [3.63, 3.8) is 0 Å². The van der Waals surface area contributed by atoms with Crippen LogP contribution in [0.3, 0.4) is 0 Å². The van der Waals surface area contributed by atoms with Gasteiger partial charge in [0, 0.05) is 17.8 Å². The number of nitrogens with zero attached hydrogens (tertiary/aromatic N) is 2. The molecule has 2 aromatic rings. The third-order valence-corrected chi connectivity index (χ3v) is 5.13. The standard InChI is InChI=1S/C12H14IN3OS/c1-7-15-12(16-17-7)6-14-9-3-2-4-10-8(9)5-11(13)18-10/h5,9,14H,2-4,6H2,1H3. The van der Waals surface area contributed by atoms with E-state index in [1.165, 1.54) is 32.6 Å². The predicted octanol–water partition coefficient (Wildman–Crippen LogP) is 3.21. The van der Waals surface area contributed by atoms with Gasteiger partial charge in [0.1, 0.15) is 0 Å². The number of halogens is 1. The number of aromatic nitrogens is 2. The Bertz CT molecular complexity index is 551. The van der Waals surface area contributed by atoms with E-state index in [0.29, 0.717) is 18.5 Å². The average Bonchev–Trinajstić information content (AvgIpc) is 2.91. The first kappa shape index (κ1) is 12.6. The van der Waals surface area contributed by atoms with Gasteiger partial charge in [0.15, 0.2) is 5.82 Å². The molecule has 0 radical (unpaired) electrons. The molecule has 0 fully saturated rings. The summed E-state index contributed by atoms with van der Waals surface area (Å²) in [7, 11) is 0. The number of fused-ring (bicyclic) bond motifs is 1. The van der Waals surface area contributed by atoms with Crippen molar-refractivity contribution in [1.29, 1.82) is 0 Å². The van der Waals surface area contributed by atoms with Gasteiger partial charge < -0.3 is 9.84 Å². The van der Waals surface area contributed by atoms with Crippen molar-refractivity contribution in [2.75, 3.05) is 0 Å². The zero-order valence-electron chi connectivity index (χ0n) is 10.1. The molecule has 1 aliphatic carbocycles. The third-order valence-electron chi connectivity index (χ3n) is 3.16. The van der Waals surface area contributed by atoms with Crippen LogP contribution in [0.5, 0.6) is 0 Å². The van der Waals surface area contributed by atoms with E-state index in [0.717, 1.165) is 5.82 Å². The highest BCUT2D eigenvalue weighted by Crippen LogP contribution is 2.36. The van der Waals surface area contributed by atoms with Crippen LogP contribution in [0.15, 0.2) is 10.6 Å². The van der Waals surface area contributed by atoms with Crippen LogP contribution in [-0.4, -0.2) is 10.1 Å². The van der Waals surface area contributed by atoms with Crippen LogP contribution in [0, 0.1) is 9.81 Å². The lowest BCUT2D eigenvalue weighted by Crippen LogP contribution is -2.24. The highest BCUT2D eigenvalue weighted by molar-refractivity contribution is 14.1. The number of aryl methyl sites for hydroxylation is 2. The van der Waals surface area contributed by atoms with Crippen LogP contribution < -0.4 is 5.32 Å². The van der Waals surface area contributed by atoms with Crippen molar-refractivity contribution in [3.05, 3.63) is 31.1 Å². The zero-order chi connectivity index (χ0) is 12.5. The molecule has 1 N–H and O–H groups in total. The largest absolute Gasteiger partial charge is 0.340 e. The summed E-state index contributed by atoms with van der Waals surface area (Å²) in [6.45, 7) is 2.49. The van der Waals surface area contributed by atoms with Gasteiger partial charge in [0.05, 0.1) is 9.43 Å². The first-order valence-electron chi connectivity index (χ1n) is 6.03. The summed E-state index contributed by atoms with van der Waals surface area (Å²) in [5, 5.41) is 7.45. The molecule has 2 aromatic heterocycles. The lowest BCUT2D eigenvalue weighted by atomic mass is 9.94. The molecule has 0 bridgehead atoms. The third kappa shape index (κ3) is 2.60. The molecular weight excluding hydrogens is 361 g/mol. The number of rotatable bonds is 3. The smallest absolute Gasteiger partial charge is 0.223 e. The number of hydrogen-bond donors (Lipinski definition) is 1. The van der Waals surface area contributed by atoms with Crippen LogP contribution in [0.25, 0.3) is 0 Å². The topological polar surface area (TPSA) is 51.0 Å². The maximum Gasteiger partial charge on any atom is 0.223 e. The van der Waals surface area contributed by atoms with Gasteiger partial charge in [-0.05, 0) is 53.5 Å².